The summed E-state index contributed by atoms with van der Waals surface area (Å²) in [6.45, 7) is 4.13. The van der Waals surface area contributed by atoms with Gasteiger partial charge in [0.25, 0.3) is 0 Å². The zero-order valence-electron chi connectivity index (χ0n) is 20.1. The molecule has 37 heavy (non-hydrogen) atoms. The Balaban J connectivity index is 1.74. The molecular weight excluding hydrogens is 470 g/mol. The van der Waals surface area contributed by atoms with Crippen LogP contribution in [0.25, 0.3) is 34.2 Å². The van der Waals surface area contributed by atoms with Crippen LogP contribution in [0, 0.1) is 0 Å². The van der Waals surface area contributed by atoms with Crippen molar-refractivity contribution in [2.45, 2.75) is 13.1 Å². The smallest absolute Gasteiger partial charge is 0.330 e. The molecule has 0 aliphatic rings. The van der Waals surface area contributed by atoms with Crippen LogP contribution in [-0.4, -0.2) is 39.2 Å². The van der Waals surface area contributed by atoms with E-state index in [2.05, 4.69) is 16.5 Å². The highest BCUT2D eigenvalue weighted by molar-refractivity contribution is 5.81. The Morgan fingerprint density at radius 2 is 1.35 bits per heavy atom. The van der Waals surface area contributed by atoms with E-state index < -0.39 is 5.97 Å². The van der Waals surface area contributed by atoms with Crippen molar-refractivity contribution in [1.82, 2.24) is 15.0 Å². The first-order chi connectivity index (χ1) is 18.0. The maximum absolute atomic E-state index is 11.2. The first kappa shape index (κ1) is 25.5. The molecule has 3 aromatic carbocycles. The fraction of sp³-hybridized carbons (Fsp3) is 0.143. The molecule has 0 radical (unpaired) electrons. The van der Waals surface area contributed by atoms with Gasteiger partial charge < -0.3 is 26.0 Å². The van der Waals surface area contributed by atoms with E-state index in [4.69, 9.17) is 25.9 Å². The molecule has 9 heteroatoms. The summed E-state index contributed by atoms with van der Waals surface area (Å²) in [5.74, 6) is 0.918. The number of phenols is 1. The van der Waals surface area contributed by atoms with Crippen LogP contribution < -0.4 is 16.2 Å². The minimum Gasteiger partial charge on any atom is -0.507 e. The molecule has 1 aromatic heterocycles. The van der Waals surface area contributed by atoms with Crippen LogP contribution in [0.15, 0.2) is 79.4 Å². The Bertz CT molecular complexity index is 1360. The van der Waals surface area contributed by atoms with E-state index >= 15 is 0 Å². The van der Waals surface area contributed by atoms with Gasteiger partial charge in [0.15, 0.2) is 17.5 Å². The average molecular weight is 498 g/mol. The van der Waals surface area contributed by atoms with Crippen LogP contribution >= 0.6 is 0 Å². The predicted octanol–water partition coefficient (Wildman–Crippen LogP) is 3.60. The second-order valence-corrected chi connectivity index (χ2v) is 7.93. The van der Waals surface area contributed by atoms with Gasteiger partial charge in [0.05, 0.1) is 5.56 Å². The number of rotatable bonds is 10. The van der Waals surface area contributed by atoms with Gasteiger partial charge in [0.2, 0.25) is 0 Å². The predicted molar refractivity (Wildman–Crippen MR) is 140 cm³/mol. The second-order valence-electron chi connectivity index (χ2n) is 7.93. The zero-order valence-corrected chi connectivity index (χ0v) is 20.1. The number of carbonyl (C=O) groups excluding carboxylic acids is 1. The highest BCUT2D eigenvalue weighted by atomic mass is 16.6. The molecule has 0 aliphatic heterocycles. The number of phenolic OH excluding ortho intramolecular Hbond substituents is 1. The zero-order chi connectivity index (χ0) is 26.2. The minimum absolute atomic E-state index is 0.0503. The van der Waals surface area contributed by atoms with Crippen molar-refractivity contribution in [3.63, 3.8) is 0 Å². The lowest BCUT2D eigenvalue weighted by Crippen LogP contribution is -2.10. The number of nitrogens with two attached hydrogens (primary N) is 2. The molecule has 0 bridgehead atoms. The van der Waals surface area contributed by atoms with E-state index in [1.165, 1.54) is 6.07 Å². The molecule has 0 amide bonds. The largest absolute Gasteiger partial charge is 0.507 e. The maximum atomic E-state index is 11.2. The average Bonchev–Trinajstić information content (AvgIpc) is 2.94. The molecule has 1 heterocycles. The number of aromatic hydroxyl groups is 1. The number of aromatic nitrogens is 3. The van der Waals surface area contributed by atoms with Crippen molar-refractivity contribution in [2.75, 3.05) is 13.2 Å². The number of hydrogen-bond acceptors (Lipinski definition) is 9. The summed E-state index contributed by atoms with van der Waals surface area (Å²) < 4.78 is 10.5. The number of hydrogen-bond donors (Lipinski definition) is 3. The summed E-state index contributed by atoms with van der Waals surface area (Å²) in [7, 11) is 0. The van der Waals surface area contributed by atoms with Crippen molar-refractivity contribution < 1.29 is 19.4 Å². The van der Waals surface area contributed by atoms with Crippen LogP contribution in [-0.2, 0) is 22.6 Å². The molecule has 0 atom stereocenters. The molecule has 4 aromatic rings. The Morgan fingerprint density at radius 1 is 0.811 bits per heavy atom. The van der Waals surface area contributed by atoms with Gasteiger partial charge in [-0.25, -0.2) is 19.7 Å². The molecule has 0 fully saturated rings. The fourth-order valence-corrected chi connectivity index (χ4v) is 3.72. The molecule has 0 spiro atoms. The Kier molecular flexibility index (Phi) is 8.19. The molecule has 0 saturated carbocycles. The second kappa shape index (κ2) is 11.9. The maximum Gasteiger partial charge on any atom is 0.330 e. The lowest BCUT2D eigenvalue weighted by Gasteiger charge is -2.13. The Morgan fingerprint density at radius 3 is 1.86 bits per heavy atom. The highest BCUT2D eigenvalue weighted by Gasteiger charge is 2.17. The van der Waals surface area contributed by atoms with E-state index in [-0.39, 0.29) is 24.8 Å². The third kappa shape index (κ3) is 5.97. The fourth-order valence-electron chi connectivity index (χ4n) is 3.72. The third-order valence-corrected chi connectivity index (χ3v) is 5.56. The first-order valence-electron chi connectivity index (χ1n) is 11.6. The SMILES string of the molecule is C=CC(=O)OCCOc1ccc(-c2nc(-c3ccccc3CN)nc(-c3ccccc3CN)n2)c(O)c1. The van der Waals surface area contributed by atoms with Crippen molar-refractivity contribution in [1.29, 1.82) is 0 Å². The van der Waals surface area contributed by atoms with E-state index in [9.17, 15) is 9.90 Å². The van der Waals surface area contributed by atoms with E-state index in [1.54, 1.807) is 12.1 Å². The van der Waals surface area contributed by atoms with Gasteiger partial charge in [-0.3, -0.25) is 0 Å². The van der Waals surface area contributed by atoms with Crippen LogP contribution in [0.3, 0.4) is 0 Å². The van der Waals surface area contributed by atoms with Crippen LogP contribution in [0.2, 0.25) is 0 Å². The Hall–Kier alpha value is -4.60. The summed E-state index contributed by atoms with van der Waals surface area (Å²) in [5, 5.41) is 10.8. The summed E-state index contributed by atoms with van der Waals surface area (Å²) in [6.07, 6.45) is 1.08. The first-order valence-corrected chi connectivity index (χ1v) is 11.6. The molecule has 0 aliphatic carbocycles. The third-order valence-electron chi connectivity index (χ3n) is 5.56. The van der Waals surface area contributed by atoms with E-state index in [0.29, 0.717) is 36.1 Å². The number of nitrogens with zero attached hydrogens (tertiary/aromatic N) is 3. The van der Waals surface area contributed by atoms with E-state index in [0.717, 1.165) is 28.3 Å². The van der Waals surface area contributed by atoms with Gasteiger partial charge in [-0.05, 0) is 23.3 Å². The van der Waals surface area contributed by atoms with Crippen LogP contribution in [0.4, 0.5) is 0 Å². The molecule has 9 nitrogen and oxygen atoms in total. The van der Waals surface area contributed by atoms with Crippen molar-refractivity contribution in [3.8, 4) is 45.7 Å². The van der Waals surface area contributed by atoms with Gasteiger partial charge in [0, 0.05) is 36.4 Å². The Labute approximate surface area is 214 Å². The summed E-state index contributed by atoms with van der Waals surface area (Å²) in [4.78, 5) is 25.3. The lowest BCUT2D eigenvalue weighted by molar-refractivity contribution is -0.138. The summed E-state index contributed by atoms with van der Waals surface area (Å²) in [6, 6.07) is 20.0. The summed E-state index contributed by atoms with van der Waals surface area (Å²) in [5.41, 5.74) is 15.6. The van der Waals surface area contributed by atoms with Gasteiger partial charge in [-0.15, -0.1) is 0 Å². The number of esters is 1. The molecule has 4 rings (SSSR count). The van der Waals surface area contributed by atoms with Crippen LogP contribution in [0.5, 0.6) is 11.5 Å². The normalized spacial score (nSPS) is 10.6. The molecule has 0 unspecified atom stereocenters. The van der Waals surface area contributed by atoms with Crippen molar-refractivity contribution in [2.24, 2.45) is 11.5 Å². The number of ether oxygens (including phenoxy) is 2. The quantitative estimate of drug-likeness (QED) is 0.170. The van der Waals surface area contributed by atoms with Crippen molar-refractivity contribution in [3.05, 3.63) is 90.5 Å². The molecular formula is C28H27N5O4. The minimum atomic E-state index is -0.532. The lowest BCUT2D eigenvalue weighted by atomic mass is 10.0. The molecule has 5 N–H and O–H groups in total. The van der Waals surface area contributed by atoms with Gasteiger partial charge in [-0.2, -0.15) is 0 Å². The standard InChI is InChI=1S/C28H27N5O4/c1-2-25(35)37-14-13-36-20-11-12-23(24(34)15-20)28-32-26(21-9-5-3-7-18(21)16-29)31-27(33-28)22-10-6-4-8-19(22)17-30/h2-12,15,34H,1,13-14,16-17,29-30H2. The number of benzene rings is 3. The summed E-state index contributed by atoms with van der Waals surface area (Å²) >= 11 is 0. The van der Waals surface area contributed by atoms with Crippen molar-refractivity contribution >= 4 is 5.97 Å². The monoisotopic (exact) mass is 497 g/mol. The van der Waals surface area contributed by atoms with E-state index in [1.807, 2.05) is 48.5 Å². The topological polar surface area (TPSA) is 146 Å². The van der Waals surface area contributed by atoms with Crippen LogP contribution in [0.1, 0.15) is 11.1 Å². The molecule has 188 valence electrons. The van der Waals surface area contributed by atoms with Gasteiger partial charge in [-0.1, -0.05) is 55.1 Å². The van der Waals surface area contributed by atoms with Gasteiger partial charge in [0.1, 0.15) is 24.7 Å². The molecule has 0 saturated heterocycles. The van der Waals surface area contributed by atoms with Gasteiger partial charge >= 0.3 is 5.97 Å². The highest BCUT2D eigenvalue weighted by Crippen LogP contribution is 2.33. The number of carbonyl (C=O) groups is 1.